The molecule has 0 bridgehead atoms. The molecule has 2 aliphatic rings. The van der Waals surface area contributed by atoms with E-state index in [4.69, 9.17) is 0 Å². The van der Waals surface area contributed by atoms with Gasteiger partial charge in [0.25, 0.3) is 0 Å². The van der Waals surface area contributed by atoms with Gasteiger partial charge in [0.2, 0.25) is 0 Å². The monoisotopic (exact) mass is 332 g/mol. The van der Waals surface area contributed by atoms with Gasteiger partial charge in [-0.3, -0.25) is 9.98 Å². The van der Waals surface area contributed by atoms with Crippen LogP contribution < -0.4 is 0 Å². The molecule has 0 saturated carbocycles. The number of fused-ring (bicyclic) bond motifs is 2. The van der Waals surface area contributed by atoms with Crippen molar-refractivity contribution in [1.29, 1.82) is 0 Å². The van der Waals surface area contributed by atoms with Crippen molar-refractivity contribution in [2.75, 3.05) is 0 Å². The van der Waals surface area contributed by atoms with E-state index in [-0.39, 0.29) is 0 Å². The first-order valence-electron chi connectivity index (χ1n) is 9.27. The van der Waals surface area contributed by atoms with Gasteiger partial charge in [-0.2, -0.15) is 0 Å². The van der Waals surface area contributed by atoms with Crippen molar-refractivity contribution in [2.45, 2.75) is 59.3 Å². The van der Waals surface area contributed by atoms with E-state index in [1.165, 1.54) is 39.3 Å². The lowest BCUT2D eigenvalue weighted by Gasteiger charge is -2.08. The molecule has 2 heteroatoms. The molecule has 0 aromatic heterocycles. The summed E-state index contributed by atoms with van der Waals surface area (Å²) >= 11 is 0. The SMILES string of the molecule is CC(C)c1cccc2c1N=CC2.CC1=Nc2cc(C(C)C)ccc2C1. The maximum atomic E-state index is 4.51. The van der Waals surface area contributed by atoms with Gasteiger partial charge in [0.1, 0.15) is 0 Å². The number of rotatable bonds is 2. The minimum Gasteiger partial charge on any atom is -0.260 e. The molecule has 0 unspecified atom stereocenters. The van der Waals surface area contributed by atoms with Gasteiger partial charge < -0.3 is 0 Å². The van der Waals surface area contributed by atoms with Gasteiger partial charge in [-0.1, -0.05) is 58.0 Å². The van der Waals surface area contributed by atoms with Crippen molar-refractivity contribution >= 4 is 23.3 Å². The van der Waals surface area contributed by atoms with E-state index in [0.717, 1.165) is 12.8 Å². The van der Waals surface area contributed by atoms with Gasteiger partial charge in [0, 0.05) is 24.8 Å². The number of aliphatic imine (C=N–C) groups is 2. The van der Waals surface area contributed by atoms with Gasteiger partial charge in [-0.05, 0) is 47.1 Å². The fourth-order valence-corrected chi connectivity index (χ4v) is 3.35. The van der Waals surface area contributed by atoms with Crippen molar-refractivity contribution < 1.29 is 0 Å². The third-order valence-electron chi connectivity index (χ3n) is 4.84. The van der Waals surface area contributed by atoms with Crippen molar-refractivity contribution in [3.8, 4) is 0 Å². The Morgan fingerprint density at radius 1 is 0.920 bits per heavy atom. The molecule has 2 heterocycles. The Kier molecular flexibility index (Phi) is 5.17. The van der Waals surface area contributed by atoms with E-state index < -0.39 is 0 Å². The van der Waals surface area contributed by atoms with Crippen molar-refractivity contribution in [1.82, 2.24) is 0 Å². The van der Waals surface area contributed by atoms with Gasteiger partial charge in [-0.25, -0.2) is 0 Å². The molecule has 0 amide bonds. The fraction of sp³-hybridized carbons (Fsp3) is 0.391. The summed E-state index contributed by atoms with van der Waals surface area (Å²) in [6.07, 6.45) is 4.04. The summed E-state index contributed by atoms with van der Waals surface area (Å²) in [7, 11) is 0. The van der Waals surface area contributed by atoms with Crippen LogP contribution in [0.15, 0.2) is 46.4 Å². The van der Waals surface area contributed by atoms with Crippen LogP contribution in [0.2, 0.25) is 0 Å². The second-order valence-corrected chi connectivity index (χ2v) is 7.59. The number of hydrogen-bond acceptors (Lipinski definition) is 2. The first-order valence-corrected chi connectivity index (χ1v) is 9.27. The smallest absolute Gasteiger partial charge is 0.0696 e. The highest BCUT2D eigenvalue weighted by Gasteiger charge is 2.13. The van der Waals surface area contributed by atoms with E-state index in [0.29, 0.717) is 11.8 Å². The zero-order valence-corrected chi connectivity index (χ0v) is 16.0. The quantitative estimate of drug-likeness (QED) is 0.597. The molecule has 0 spiro atoms. The third-order valence-corrected chi connectivity index (χ3v) is 4.84. The van der Waals surface area contributed by atoms with E-state index in [1.807, 2.05) is 6.21 Å². The lowest BCUT2D eigenvalue weighted by atomic mass is 9.98. The van der Waals surface area contributed by atoms with Crippen LogP contribution in [0, 0.1) is 0 Å². The van der Waals surface area contributed by atoms with Gasteiger partial charge in [0.15, 0.2) is 0 Å². The molecule has 25 heavy (non-hydrogen) atoms. The van der Waals surface area contributed by atoms with Crippen LogP contribution in [0.4, 0.5) is 11.4 Å². The summed E-state index contributed by atoms with van der Waals surface area (Å²) in [5.41, 5.74) is 9.15. The van der Waals surface area contributed by atoms with Crippen LogP contribution in [-0.4, -0.2) is 11.9 Å². The Balaban J connectivity index is 0.000000146. The summed E-state index contributed by atoms with van der Waals surface area (Å²) in [6, 6.07) is 13.1. The van der Waals surface area contributed by atoms with Gasteiger partial charge >= 0.3 is 0 Å². The van der Waals surface area contributed by atoms with E-state index in [9.17, 15) is 0 Å². The zero-order chi connectivity index (χ0) is 18.0. The summed E-state index contributed by atoms with van der Waals surface area (Å²) in [6.45, 7) is 10.9. The third kappa shape index (κ3) is 3.89. The number of nitrogens with zero attached hydrogens (tertiary/aromatic N) is 2. The van der Waals surface area contributed by atoms with Crippen LogP contribution in [0.5, 0.6) is 0 Å². The number of hydrogen-bond donors (Lipinski definition) is 0. The highest BCUT2D eigenvalue weighted by molar-refractivity contribution is 5.92. The predicted octanol–water partition coefficient (Wildman–Crippen LogP) is 6.53. The fourth-order valence-electron chi connectivity index (χ4n) is 3.35. The Hall–Kier alpha value is -2.22. The Bertz CT molecular complexity index is 826. The predicted molar refractivity (Wildman–Crippen MR) is 109 cm³/mol. The molecule has 0 radical (unpaired) electrons. The molecule has 4 rings (SSSR count). The van der Waals surface area contributed by atoms with Crippen molar-refractivity contribution in [3.63, 3.8) is 0 Å². The average Bonchev–Trinajstić information content (AvgIpc) is 3.18. The Morgan fingerprint density at radius 2 is 1.72 bits per heavy atom. The summed E-state index contributed by atoms with van der Waals surface area (Å²) in [5.74, 6) is 1.18. The van der Waals surface area contributed by atoms with Crippen molar-refractivity contribution in [3.05, 3.63) is 58.7 Å². The lowest BCUT2D eigenvalue weighted by molar-refractivity contribution is 0.866. The molecule has 0 N–H and O–H groups in total. The average molecular weight is 332 g/mol. The molecule has 130 valence electrons. The minimum absolute atomic E-state index is 0.579. The first kappa shape index (κ1) is 17.6. The second-order valence-electron chi connectivity index (χ2n) is 7.59. The number of para-hydroxylation sites is 1. The first-order chi connectivity index (χ1) is 12.0. The van der Waals surface area contributed by atoms with E-state index in [1.54, 1.807) is 0 Å². The van der Waals surface area contributed by atoms with E-state index >= 15 is 0 Å². The molecule has 2 aliphatic heterocycles. The molecule has 2 aromatic rings. The Morgan fingerprint density at radius 3 is 2.44 bits per heavy atom. The highest BCUT2D eigenvalue weighted by atomic mass is 14.8. The molecule has 2 aromatic carbocycles. The Labute approximate surface area is 151 Å². The zero-order valence-electron chi connectivity index (χ0n) is 16.0. The molecule has 2 nitrogen and oxygen atoms in total. The summed E-state index contributed by atoms with van der Waals surface area (Å²) < 4.78 is 0. The van der Waals surface area contributed by atoms with Crippen LogP contribution in [-0.2, 0) is 12.8 Å². The molecule has 0 saturated heterocycles. The second kappa shape index (κ2) is 7.35. The number of benzene rings is 2. The van der Waals surface area contributed by atoms with Crippen LogP contribution >= 0.6 is 0 Å². The van der Waals surface area contributed by atoms with Crippen LogP contribution in [0.3, 0.4) is 0 Å². The maximum absolute atomic E-state index is 4.51. The van der Waals surface area contributed by atoms with Crippen molar-refractivity contribution in [2.24, 2.45) is 9.98 Å². The highest BCUT2D eigenvalue weighted by Crippen LogP contribution is 2.33. The van der Waals surface area contributed by atoms with Gasteiger partial charge in [-0.15, -0.1) is 0 Å². The standard InChI is InChI=1S/C12H15N.C11H13N/c1-8(2)10-4-5-11-6-9(3)13-12(11)7-10;1-8(2)10-5-3-4-9-6-7-12-11(9)10/h4-5,7-8H,6H2,1-3H3;3-5,7-8H,6H2,1-2H3. The lowest BCUT2D eigenvalue weighted by Crippen LogP contribution is -1.90. The summed E-state index contributed by atoms with van der Waals surface area (Å²) in [4.78, 5) is 8.91. The minimum atomic E-state index is 0.579. The summed E-state index contributed by atoms with van der Waals surface area (Å²) in [5, 5.41) is 0. The molecule has 0 atom stereocenters. The normalized spacial score (nSPS) is 14.3. The molecular formula is C23H28N2. The molecule has 0 fully saturated rings. The van der Waals surface area contributed by atoms with Gasteiger partial charge in [0.05, 0.1) is 11.4 Å². The largest absolute Gasteiger partial charge is 0.260 e. The molecule has 0 aliphatic carbocycles. The molecular weight excluding hydrogens is 304 g/mol. The maximum Gasteiger partial charge on any atom is 0.0696 e. The van der Waals surface area contributed by atoms with Crippen LogP contribution in [0.1, 0.15) is 68.7 Å². The topological polar surface area (TPSA) is 24.7 Å². The van der Waals surface area contributed by atoms with Crippen LogP contribution in [0.25, 0.3) is 0 Å². The van der Waals surface area contributed by atoms with E-state index in [2.05, 4.69) is 81.0 Å².